The fourth-order valence-electron chi connectivity index (χ4n) is 3.07. The molecule has 0 spiro atoms. The fraction of sp³-hybridized carbons (Fsp3) is 0.400. The van der Waals surface area contributed by atoms with Gasteiger partial charge in [-0.05, 0) is 12.1 Å². The van der Waals surface area contributed by atoms with Gasteiger partial charge in [-0.2, -0.15) is 0 Å². The highest BCUT2D eigenvalue weighted by Gasteiger charge is 2.29. The van der Waals surface area contributed by atoms with E-state index in [1.54, 1.807) is 0 Å². The van der Waals surface area contributed by atoms with Gasteiger partial charge >= 0.3 is 0 Å². The van der Waals surface area contributed by atoms with Crippen LogP contribution in [0.25, 0.3) is 0 Å². The second-order valence-electron chi connectivity index (χ2n) is 6.34. The molecule has 160 valence electrons. The van der Waals surface area contributed by atoms with Crippen molar-refractivity contribution in [1.29, 1.82) is 0 Å². The minimum absolute atomic E-state index is 0.115. The van der Waals surface area contributed by atoms with E-state index < -0.39 is 9.84 Å². The van der Waals surface area contributed by atoms with Crippen molar-refractivity contribution in [2.45, 2.75) is 36.2 Å². The molecule has 0 aliphatic heterocycles. The Kier molecular flexibility index (Phi) is 8.00. The Bertz CT molecular complexity index is 882. The molecule has 0 atom stereocenters. The molecule has 8 nitrogen and oxygen atoms in total. The zero-order valence-electron chi connectivity index (χ0n) is 16.9. The average Bonchev–Trinajstić information content (AvgIpc) is 2.68. The zero-order valence-corrected chi connectivity index (χ0v) is 17.7. The summed E-state index contributed by atoms with van der Waals surface area (Å²) >= 11 is 0. The summed E-state index contributed by atoms with van der Waals surface area (Å²) in [6, 6.07) is 5.77. The number of sulfone groups is 1. The second kappa shape index (κ2) is 10.0. The number of aromatic hydroxyl groups is 2. The highest BCUT2D eigenvalue weighted by molar-refractivity contribution is 7.91. The van der Waals surface area contributed by atoms with Crippen LogP contribution in [-0.2, 0) is 55.2 Å². The van der Waals surface area contributed by atoms with Crippen LogP contribution in [0.3, 0.4) is 0 Å². The predicted molar refractivity (Wildman–Crippen MR) is 105 cm³/mol. The van der Waals surface area contributed by atoms with Crippen LogP contribution in [0.4, 0.5) is 0 Å². The Hall–Kier alpha value is -2.17. The number of methoxy groups -OCH3 is 4. The third-order valence-corrected chi connectivity index (χ3v) is 6.33. The summed E-state index contributed by atoms with van der Waals surface area (Å²) in [6.07, 6.45) is 0. The third kappa shape index (κ3) is 4.71. The van der Waals surface area contributed by atoms with Gasteiger partial charge in [0.05, 0.1) is 36.2 Å². The molecule has 0 saturated heterocycles. The van der Waals surface area contributed by atoms with E-state index in [2.05, 4.69) is 0 Å². The first-order valence-corrected chi connectivity index (χ1v) is 10.2. The lowest BCUT2D eigenvalue weighted by atomic mass is 10.1. The van der Waals surface area contributed by atoms with Crippen molar-refractivity contribution in [3.05, 3.63) is 46.5 Å². The van der Waals surface area contributed by atoms with Crippen LogP contribution >= 0.6 is 0 Å². The molecule has 0 amide bonds. The van der Waals surface area contributed by atoms with Crippen molar-refractivity contribution in [3.8, 4) is 11.5 Å². The van der Waals surface area contributed by atoms with Crippen LogP contribution in [0.5, 0.6) is 11.5 Å². The zero-order chi connectivity index (χ0) is 21.6. The number of hydrogen-bond donors (Lipinski definition) is 2. The van der Waals surface area contributed by atoms with E-state index in [1.165, 1.54) is 52.7 Å². The number of hydrogen-bond acceptors (Lipinski definition) is 8. The predicted octanol–water partition coefficient (Wildman–Crippen LogP) is 2.52. The highest BCUT2D eigenvalue weighted by atomic mass is 32.2. The van der Waals surface area contributed by atoms with Crippen molar-refractivity contribution < 1.29 is 37.6 Å². The molecule has 0 heterocycles. The van der Waals surface area contributed by atoms with Crippen LogP contribution in [0.1, 0.15) is 22.3 Å². The van der Waals surface area contributed by atoms with Gasteiger partial charge in [0, 0.05) is 50.7 Å². The molecule has 0 fully saturated rings. The fourth-order valence-corrected chi connectivity index (χ4v) is 4.76. The number of benzene rings is 2. The van der Waals surface area contributed by atoms with Gasteiger partial charge in [-0.25, -0.2) is 8.42 Å². The molecule has 2 aromatic carbocycles. The highest BCUT2D eigenvalue weighted by Crippen LogP contribution is 2.37. The Morgan fingerprint density at radius 2 is 1.00 bits per heavy atom. The molecule has 0 unspecified atom stereocenters. The van der Waals surface area contributed by atoms with E-state index in [0.29, 0.717) is 11.1 Å². The maximum atomic E-state index is 13.5. The largest absolute Gasteiger partial charge is 0.507 e. The molecule has 0 saturated carbocycles. The Balaban J connectivity index is 2.72. The summed E-state index contributed by atoms with van der Waals surface area (Å²) in [5, 5.41) is 21.1. The van der Waals surface area contributed by atoms with Gasteiger partial charge in [0.25, 0.3) is 0 Å². The minimum Gasteiger partial charge on any atom is -0.507 e. The van der Waals surface area contributed by atoms with E-state index in [-0.39, 0.29) is 58.8 Å². The molecule has 9 heteroatoms. The molecular weight excluding hydrogens is 400 g/mol. The normalized spacial score (nSPS) is 11.7. The van der Waals surface area contributed by atoms with Gasteiger partial charge in [-0.1, -0.05) is 12.1 Å². The Morgan fingerprint density at radius 3 is 1.31 bits per heavy atom. The van der Waals surface area contributed by atoms with Gasteiger partial charge in [0.2, 0.25) is 9.84 Å². The summed E-state index contributed by atoms with van der Waals surface area (Å²) in [4.78, 5) is -0.235. The van der Waals surface area contributed by atoms with Crippen molar-refractivity contribution in [1.82, 2.24) is 0 Å². The molecule has 0 radical (unpaired) electrons. The Morgan fingerprint density at radius 1 is 0.655 bits per heavy atom. The first-order chi connectivity index (χ1) is 13.8. The summed E-state index contributed by atoms with van der Waals surface area (Å²) < 4.78 is 47.3. The maximum absolute atomic E-state index is 13.5. The van der Waals surface area contributed by atoms with Crippen LogP contribution in [-0.4, -0.2) is 47.1 Å². The van der Waals surface area contributed by atoms with E-state index >= 15 is 0 Å². The van der Waals surface area contributed by atoms with Crippen LogP contribution in [0, 0.1) is 0 Å². The lowest BCUT2D eigenvalue weighted by Crippen LogP contribution is -2.11. The summed E-state index contributed by atoms with van der Waals surface area (Å²) in [5.41, 5.74) is 1.11. The van der Waals surface area contributed by atoms with Gasteiger partial charge in [-0.15, -0.1) is 0 Å². The van der Waals surface area contributed by atoms with Gasteiger partial charge in [-0.3, -0.25) is 0 Å². The van der Waals surface area contributed by atoms with Gasteiger partial charge in [0.15, 0.2) is 0 Å². The van der Waals surface area contributed by atoms with E-state index in [4.69, 9.17) is 18.9 Å². The van der Waals surface area contributed by atoms with Crippen LogP contribution < -0.4 is 0 Å². The number of rotatable bonds is 10. The standard InChI is InChI=1S/C20H26O8S/c1-25-9-13-5-7-17(15(11-27-3)19(13)21)29(23,24)18-8-6-14(10-26-2)20(22)16(18)12-28-4/h5-8,21-22H,9-12H2,1-4H3. The summed E-state index contributed by atoms with van der Waals surface area (Å²) in [6.45, 7) is -0.00872. The average molecular weight is 426 g/mol. The van der Waals surface area contributed by atoms with Crippen molar-refractivity contribution in [2.24, 2.45) is 0 Å². The molecular formula is C20H26O8S. The lowest BCUT2D eigenvalue weighted by molar-refractivity contribution is 0.172. The third-order valence-electron chi connectivity index (χ3n) is 4.40. The molecule has 2 N–H and O–H groups in total. The number of ether oxygens (including phenoxy) is 4. The van der Waals surface area contributed by atoms with E-state index in [1.807, 2.05) is 0 Å². The van der Waals surface area contributed by atoms with Crippen molar-refractivity contribution in [2.75, 3.05) is 28.4 Å². The molecule has 29 heavy (non-hydrogen) atoms. The number of phenols is 2. The van der Waals surface area contributed by atoms with Crippen molar-refractivity contribution in [3.63, 3.8) is 0 Å². The first-order valence-electron chi connectivity index (χ1n) is 8.71. The number of phenolic OH excluding ortho intramolecular Hbond substituents is 2. The smallest absolute Gasteiger partial charge is 0.207 e. The minimum atomic E-state index is -4.11. The topological polar surface area (TPSA) is 112 Å². The molecule has 0 aromatic heterocycles. The van der Waals surface area contributed by atoms with E-state index in [0.717, 1.165) is 0 Å². The molecule has 0 aliphatic rings. The van der Waals surface area contributed by atoms with Crippen molar-refractivity contribution >= 4 is 9.84 Å². The first kappa shape index (κ1) is 23.1. The van der Waals surface area contributed by atoms with E-state index in [9.17, 15) is 18.6 Å². The molecule has 0 bridgehead atoms. The Labute approximate surface area is 170 Å². The van der Waals surface area contributed by atoms with Crippen LogP contribution in [0.2, 0.25) is 0 Å². The lowest BCUT2D eigenvalue weighted by Gasteiger charge is -2.18. The van der Waals surface area contributed by atoms with Crippen LogP contribution in [0.15, 0.2) is 34.1 Å². The summed E-state index contributed by atoms with van der Waals surface area (Å²) in [5.74, 6) is -0.411. The SMILES string of the molecule is COCc1ccc(S(=O)(=O)c2ccc(COC)c(O)c2COC)c(COC)c1O. The van der Waals surface area contributed by atoms with Gasteiger partial charge in [0.1, 0.15) is 11.5 Å². The molecule has 2 aromatic rings. The quantitative estimate of drug-likeness (QED) is 0.596. The summed E-state index contributed by atoms with van der Waals surface area (Å²) in [7, 11) is 1.64. The molecule has 0 aliphatic carbocycles. The maximum Gasteiger partial charge on any atom is 0.207 e. The van der Waals surface area contributed by atoms with Gasteiger partial charge < -0.3 is 29.2 Å². The molecule has 2 rings (SSSR count). The second-order valence-corrected chi connectivity index (χ2v) is 8.22. The monoisotopic (exact) mass is 426 g/mol.